The summed E-state index contributed by atoms with van der Waals surface area (Å²) in [7, 11) is -3.88. The van der Waals surface area contributed by atoms with Gasteiger partial charge in [0.25, 0.3) is 0 Å². The van der Waals surface area contributed by atoms with Gasteiger partial charge < -0.3 is 14.2 Å². The summed E-state index contributed by atoms with van der Waals surface area (Å²) < 4.78 is 42.3. The average molecular weight is 524 g/mol. The molecule has 0 aliphatic heterocycles. The number of rotatable bonds is 11. The van der Waals surface area contributed by atoms with Gasteiger partial charge in [0, 0.05) is 6.92 Å². The highest BCUT2D eigenvalue weighted by atomic mass is 35.5. The van der Waals surface area contributed by atoms with Crippen LogP contribution in [0.5, 0.6) is 11.5 Å². The predicted molar refractivity (Wildman–Crippen MR) is 125 cm³/mol. The molecule has 0 radical (unpaired) electrons. The van der Waals surface area contributed by atoms with Gasteiger partial charge in [-0.3, -0.25) is 4.79 Å². The molecule has 0 bridgehead atoms. The first-order chi connectivity index (χ1) is 15.1. The van der Waals surface area contributed by atoms with Crippen LogP contribution in [0.1, 0.15) is 27.2 Å². The fourth-order valence-corrected chi connectivity index (χ4v) is 4.75. The van der Waals surface area contributed by atoms with Crippen molar-refractivity contribution in [2.24, 2.45) is 5.92 Å². The van der Waals surface area contributed by atoms with E-state index in [1.807, 2.05) is 0 Å². The Morgan fingerprint density at radius 1 is 1.00 bits per heavy atom. The number of carbonyl (C=O) groups excluding carboxylic acids is 1. The van der Waals surface area contributed by atoms with Gasteiger partial charge >= 0.3 is 5.97 Å². The molecule has 0 aliphatic rings. The van der Waals surface area contributed by atoms with Gasteiger partial charge in [-0.15, -0.1) is 11.6 Å². The summed E-state index contributed by atoms with van der Waals surface area (Å²) in [4.78, 5) is 11.1. The van der Waals surface area contributed by atoms with Gasteiger partial charge in [0.15, 0.2) is 5.75 Å². The first-order valence-electron chi connectivity index (χ1n) is 9.91. The number of esters is 1. The highest BCUT2D eigenvalue weighted by Crippen LogP contribution is 2.37. The van der Waals surface area contributed by atoms with E-state index in [9.17, 15) is 13.2 Å². The molecule has 0 aromatic heterocycles. The molecule has 2 rings (SSSR count). The minimum Gasteiger partial charge on any atom is -0.493 e. The van der Waals surface area contributed by atoms with Gasteiger partial charge in [0.05, 0.1) is 32.3 Å². The molecule has 0 amide bonds. The van der Waals surface area contributed by atoms with E-state index in [-0.39, 0.29) is 38.1 Å². The van der Waals surface area contributed by atoms with Crippen LogP contribution in [-0.4, -0.2) is 39.6 Å². The Morgan fingerprint density at radius 2 is 1.59 bits per heavy atom. The lowest BCUT2D eigenvalue weighted by molar-refractivity contribution is -0.146. The van der Waals surface area contributed by atoms with Gasteiger partial charge in [-0.25, -0.2) is 8.42 Å². The standard InChI is InChI=1S/C22H25Cl3O6S/c1-4-14(2)12-29-16-5-7-18(8-6-16)32(27,28)19-9-20(24)22(21(25)10-19)30-13-17(11-23)31-15(3)26/h5-10,14,17H,4,11-13H2,1-3H3. The summed E-state index contributed by atoms with van der Waals surface area (Å²) >= 11 is 18.2. The predicted octanol–water partition coefficient (Wildman–Crippen LogP) is 5.80. The molecule has 0 aliphatic carbocycles. The van der Waals surface area contributed by atoms with Crippen molar-refractivity contribution in [3.63, 3.8) is 0 Å². The quantitative estimate of drug-likeness (QED) is 0.273. The zero-order chi connectivity index (χ0) is 23.9. The fraction of sp³-hybridized carbons (Fsp3) is 0.409. The van der Waals surface area contributed by atoms with E-state index in [1.165, 1.54) is 31.2 Å². The Morgan fingerprint density at radius 3 is 2.09 bits per heavy atom. The molecule has 2 aromatic carbocycles. The zero-order valence-electron chi connectivity index (χ0n) is 17.9. The van der Waals surface area contributed by atoms with Crippen molar-refractivity contribution in [1.29, 1.82) is 0 Å². The number of hydrogen-bond acceptors (Lipinski definition) is 6. The second kappa shape index (κ2) is 12.0. The van der Waals surface area contributed by atoms with Crippen molar-refractivity contribution in [2.45, 2.75) is 43.1 Å². The highest BCUT2D eigenvalue weighted by Gasteiger charge is 2.22. The van der Waals surface area contributed by atoms with Crippen LogP contribution in [0.2, 0.25) is 10.0 Å². The second-order valence-corrected chi connectivity index (χ2v) is 10.3. The van der Waals surface area contributed by atoms with Crippen LogP contribution < -0.4 is 9.47 Å². The van der Waals surface area contributed by atoms with Crippen molar-refractivity contribution in [3.8, 4) is 11.5 Å². The number of alkyl halides is 1. The molecule has 0 saturated heterocycles. The Labute approximate surface area is 203 Å². The molecule has 6 nitrogen and oxygen atoms in total. The van der Waals surface area contributed by atoms with Gasteiger partial charge in [0.1, 0.15) is 18.5 Å². The molecular weight excluding hydrogens is 499 g/mol. The van der Waals surface area contributed by atoms with E-state index in [1.54, 1.807) is 12.1 Å². The van der Waals surface area contributed by atoms with Crippen molar-refractivity contribution in [3.05, 3.63) is 46.4 Å². The SMILES string of the molecule is CCC(C)COc1ccc(S(=O)(=O)c2cc(Cl)c(OCC(CCl)OC(C)=O)c(Cl)c2)cc1. The van der Waals surface area contributed by atoms with E-state index in [0.717, 1.165) is 6.42 Å². The molecule has 10 heteroatoms. The lowest BCUT2D eigenvalue weighted by Gasteiger charge is -2.17. The normalized spacial score (nSPS) is 13.3. The molecule has 2 atom stereocenters. The molecule has 176 valence electrons. The molecule has 0 saturated carbocycles. The summed E-state index contributed by atoms with van der Waals surface area (Å²) in [6.07, 6.45) is 0.287. The van der Waals surface area contributed by atoms with Gasteiger partial charge in [-0.1, -0.05) is 43.5 Å². The third-order valence-corrected chi connectivity index (χ3v) is 7.22. The van der Waals surface area contributed by atoms with Crippen LogP contribution in [0.4, 0.5) is 0 Å². The van der Waals surface area contributed by atoms with Gasteiger partial charge in [-0.05, 0) is 42.3 Å². The first-order valence-corrected chi connectivity index (χ1v) is 12.7. The summed E-state index contributed by atoms with van der Waals surface area (Å²) in [5.74, 6) is 0.568. The van der Waals surface area contributed by atoms with Gasteiger partial charge in [-0.2, -0.15) is 0 Å². The minimum atomic E-state index is -3.88. The molecule has 0 spiro atoms. The van der Waals surface area contributed by atoms with E-state index in [2.05, 4.69) is 13.8 Å². The van der Waals surface area contributed by atoms with Crippen LogP contribution >= 0.6 is 34.8 Å². The number of carbonyl (C=O) groups is 1. The summed E-state index contributed by atoms with van der Waals surface area (Å²) in [6.45, 7) is 5.87. The minimum absolute atomic E-state index is 0.000675. The van der Waals surface area contributed by atoms with Crippen molar-refractivity contribution in [2.75, 3.05) is 19.1 Å². The summed E-state index contributed by atoms with van der Waals surface area (Å²) in [6, 6.07) is 8.67. The Bertz CT molecular complexity index is 1000. The Kier molecular flexibility index (Phi) is 9.95. The lowest BCUT2D eigenvalue weighted by Crippen LogP contribution is -2.25. The molecule has 32 heavy (non-hydrogen) atoms. The molecular formula is C22H25Cl3O6S. The highest BCUT2D eigenvalue weighted by molar-refractivity contribution is 7.91. The van der Waals surface area contributed by atoms with E-state index >= 15 is 0 Å². The number of benzene rings is 2. The Balaban J connectivity index is 2.19. The van der Waals surface area contributed by atoms with Crippen LogP contribution in [-0.2, 0) is 19.4 Å². The van der Waals surface area contributed by atoms with Crippen molar-refractivity contribution >= 4 is 50.6 Å². The number of halogens is 3. The molecule has 0 fully saturated rings. The van der Waals surface area contributed by atoms with E-state index in [4.69, 9.17) is 49.0 Å². The van der Waals surface area contributed by atoms with E-state index < -0.39 is 21.9 Å². The van der Waals surface area contributed by atoms with Crippen molar-refractivity contribution < 1.29 is 27.4 Å². The van der Waals surface area contributed by atoms with Crippen molar-refractivity contribution in [1.82, 2.24) is 0 Å². The van der Waals surface area contributed by atoms with Crippen LogP contribution in [0, 0.1) is 5.92 Å². The third kappa shape index (κ3) is 7.17. The summed E-state index contributed by atoms with van der Waals surface area (Å²) in [5, 5.41) is 0.00135. The number of sulfone groups is 1. The molecule has 0 heterocycles. The maximum atomic E-state index is 13.0. The largest absolute Gasteiger partial charge is 0.493 e. The maximum absolute atomic E-state index is 13.0. The zero-order valence-corrected chi connectivity index (χ0v) is 21.0. The topological polar surface area (TPSA) is 78.9 Å². The second-order valence-electron chi connectivity index (χ2n) is 7.21. The molecule has 2 unspecified atom stereocenters. The third-order valence-electron chi connectivity index (χ3n) is 4.57. The lowest BCUT2D eigenvalue weighted by atomic mass is 10.1. The number of ether oxygens (including phenoxy) is 3. The first kappa shape index (κ1) is 26.6. The monoisotopic (exact) mass is 522 g/mol. The van der Waals surface area contributed by atoms with Crippen LogP contribution in [0.15, 0.2) is 46.2 Å². The average Bonchev–Trinajstić information content (AvgIpc) is 2.75. The van der Waals surface area contributed by atoms with Crippen LogP contribution in [0.3, 0.4) is 0 Å². The van der Waals surface area contributed by atoms with Crippen LogP contribution in [0.25, 0.3) is 0 Å². The number of hydrogen-bond donors (Lipinski definition) is 0. The fourth-order valence-electron chi connectivity index (χ4n) is 2.56. The van der Waals surface area contributed by atoms with Gasteiger partial charge in [0.2, 0.25) is 9.84 Å². The summed E-state index contributed by atoms with van der Waals surface area (Å²) in [5.41, 5.74) is 0. The molecule has 2 aromatic rings. The van der Waals surface area contributed by atoms with E-state index in [0.29, 0.717) is 18.3 Å². The smallest absolute Gasteiger partial charge is 0.303 e. The molecule has 0 N–H and O–H groups in total. The Hall–Kier alpha value is -1.67. The maximum Gasteiger partial charge on any atom is 0.303 e.